The summed E-state index contributed by atoms with van der Waals surface area (Å²) in [6.07, 6.45) is 9.47. The van der Waals surface area contributed by atoms with Crippen LogP contribution in [0.4, 0.5) is 0 Å². The van der Waals surface area contributed by atoms with Crippen LogP contribution in [0.3, 0.4) is 0 Å². The number of methoxy groups -OCH3 is 1. The Labute approximate surface area is 110 Å². The Hall–Kier alpha value is -0.610. The van der Waals surface area contributed by atoms with Gasteiger partial charge in [0.15, 0.2) is 0 Å². The van der Waals surface area contributed by atoms with Crippen molar-refractivity contribution in [3.05, 3.63) is 0 Å². The third-order valence-corrected chi connectivity index (χ3v) is 3.69. The molecule has 4 nitrogen and oxygen atoms in total. The topological polar surface area (TPSA) is 58.6 Å². The Morgan fingerprint density at radius 3 is 2.72 bits per heavy atom. The Bertz CT molecular complexity index is 227. The Kier molecular flexibility index (Phi) is 8.01. The summed E-state index contributed by atoms with van der Waals surface area (Å²) in [5.41, 5.74) is 0. The number of carbonyl (C=O) groups is 1. The molecule has 0 aromatic carbocycles. The largest absolute Gasteiger partial charge is 0.394 e. The van der Waals surface area contributed by atoms with Crippen molar-refractivity contribution < 1.29 is 14.6 Å². The van der Waals surface area contributed by atoms with Gasteiger partial charge >= 0.3 is 0 Å². The molecule has 1 aliphatic carbocycles. The molecule has 0 spiro atoms. The SMILES string of the molecule is COCC(CO)NC(=O)CCCC1CCCCC1. The van der Waals surface area contributed by atoms with Gasteiger partial charge in [-0.05, 0) is 18.8 Å². The van der Waals surface area contributed by atoms with Crippen LogP contribution in [0.25, 0.3) is 0 Å². The van der Waals surface area contributed by atoms with Crippen LogP contribution in [0.2, 0.25) is 0 Å². The van der Waals surface area contributed by atoms with Crippen molar-refractivity contribution in [3.63, 3.8) is 0 Å². The minimum absolute atomic E-state index is 0.0295. The summed E-state index contributed by atoms with van der Waals surface area (Å²) in [6, 6.07) is -0.266. The van der Waals surface area contributed by atoms with E-state index in [9.17, 15) is 4.79 Å². The van der Waals surface area contributed by atoms with E-state index in [4.69, 9.17) is 9.84 Å². The number of aliphatic hydroxyl groups is 1. The standard InChI is InChI=1S/C14H27NO3/c1-18-11-13(10-16)15-14(17)9-5-8-12-6-3-2-4-7-12/h12-13,16H,2-11H2,1H3,(H,15,17). The maximum absolute atomic E-state index is 11.7. The molecule has 0 aromatic heterocycles. The van der Waals surface area contributed by atoms with E-state index in [1.165, 1.54) is 38.5 Å². The summed E-state index contributed by atoms with van der Waals surface area (Å²) in [5, 5.41) is 11.8. The van der Waals surface area contributed by atoms with Crippen LogP contribution < -0.4 is 5.32 Å². The minimum atomic E-state index is -0.266. The van der Waals surface area contributed by atoms with Gasteiger partial charge in [0.1, 0.15) is 0 Å². The number of nitrogens with one attached hydrogen (secondary N) is 1. The number of hydrogen-bond donors (Lipinski definition) is 2. The summed E-state index contributed by atoms with van der Waals surface area (Å²) in [7, 11) is 1.57. The normalized spacial score (nSPS) is 18.6. The van der Waals surface area contributed by atoms with Crippen molar-refractivity contribution in [2.24, 2.45) is 5.92 Å². The number of amides is 1. The predicted octanol–water partition coefficient (Wildman–Crippen LogP) is 1.86. The van der Waals surface area contributed by atoms with E-state index in [2.05, 4.69) is 5.32 Å². The molecule has 106 valence electrons. The van der Waals surface area contributed by atoms with Crippen molar-refractivity contribution in [1.29, 1.82) is 0 Å². The van der Waals surface area contributed by atoms with Gasteiger partial charge < -0.3 is 15.2 Å². The maximum Gasteiger partial charge on any atom is 0.220 e. The molecule has 1 amide bonds. The van der Waals surface area contributed by atoms with E-state index in [0.29, 0.717) is 13.0 Å². The Morgan fingerprint density at radius 1 is 1.39 bits per heavy atom. The van der Waals surface area contributed by atoms with E-state index in [0.717, 1.165) is 12.3 Å². The number of ether oxygens (including phenoxy) is 1. The van der Waals surface area contributed by atoms with Crippen LogP contribution in [0.1, 0.15) is 51.4 Å². The van der Waals surface area contributed by atoms with Crippen molar-refractivity contribution in [3.8, 4) is 0 Å². The second-order valence-corrected chi connectivity index (χ2v) is 5.30. The number of aliphatic hydroxyl groups excluding tert-OH is 1. The monoisotopic (exact) mass is 257 g/mol. The zero-order valence-corrected chi connectivity index (χ0v) is 11.5. The van der Waals surface area contributed by atoms with Gasteiger partial charge in [-0.3, -0.25) is 4.79 Å². The van der Waals surface area contributed by atoms with Crippen LogP contribution >= 0.6 is 0 Å². The van der Waals surface area contributed by atoms with Crippen LogP contribution in [-0.4, -0.2) is 37.4 Å². The quantitative estimate of drug-likeness (QED) is 0.698. The lowest BCUT2D eigenvalue weighted by molar-refractivity contribution is -0.122. The average Bonchev–Trinajstić information content (AvgIpc) is 2.39. The third-order valence-electron chi connectivity index (χ3n) is 3.69. The van der Waals surface area contributed by atoms with Gasteiger partial charge in [0.2, 0.25) is 5.91 Å². The molecule has 1 fully saturated rings. The first kappa shape index (κ1) is 15.4. The van der Waals surface area contributed by atoms with E-state index in [1.807, 2.05) is 0 Å². The molecule has 1 saturated carbocycles. The van der Waals surface area contributed by atoms with Crippen molar-refractivity contribution in [2.75, 3.05) is 20.3 Å². The molecule has 18 heavy (non-hydrogen) atoms. The zero-order chi connectivity index (χ0) is 13.2. The molecule has 0 bridgehead atoms. The van der Waals surface area contributed by atoms with Crippen LogP contribution in [0.15, 0.2) is 0 Å². The van der Waals surface area contributed by atoms with Gasteiger partial charge in [-0.25, -0.2) is 0 Å². The highest BCUT2D eigenvalue weighted by molar-refractivity contribution is 5.76. The highest BCUT2D eigenvalue weighted by Crippen LogP contribution is 2.27. The predicted molar refractivity (Wildman–Crippen MR) is 71.3 cm³/mol. The Morgan fingerprint density at radius 2 is 2.11 bits per heavy atom. The van der Waals surface area contributed by atoms with Crippen molar-refractivity contribution in [1.82, 2.24) is 5.32 Å². The van der Waals surface area contributed by atoms with E-state index in [-0.39, 0.29) is 18.6 Å². The third kappa shape index (κ3) is 6.36. The highest BCUT2D eigenvalue weighted by atomic mass is 16.5. The fourth-order valence-corrected chi connectivity index (χ4v) is 2.67. The molecule has 1 atom stereocenters. The van der Waals surface area contributed by atoms with E-state index >= 15 is 0 Å². The first-order valence-electron chi connectivity index (χ1n) is 7.15. The van der Waals surface area contributed by atoms with E-state index < -0.39 is 0 Å². The van der Waals surface area contributed by atoms with Crippen LogP contribution in [0.5, 0.6) is 0 Å². The molecule has 4 heteroatoms. The minimum Gasteiger partial charge on any atom is -0.394 e. The second kappa shape index (κ2) is 9.34. The molecule has 0 aromatic rings. The van der Waals surface area contributed by atoms with Gasteiger partial charge in [-0.1, -0.05) is 32.1 Å². The van der Waals surface area contributed by atoms with Gasteiger partial charge in [0.05, 0.1) is 19.3 Å². The molecule has 0 radical (unpaired) electrons. The summed E-state index contributed by atoms with van der Waals surface area (Å²) >= 11 is 0. The summed E-state index contributed by atoms with van der Waals surface area (Å²) in [4.78, 5) is 11.7. The summed E-state index contributed by atoms with van der Waals surface area (Å²) < 4.78 is 4.92. The lowest BCUT2D eigenvalue weighted by Crippen LogP contribution is -2.40. The zero-order valence-electron chi connectivity index (χ0n) is 11.5. The molecular formula is C14H27NO3. The summed E-state index contributed by atoms with van der Waals surface area (Å²) in [6.45, 7) is 0.299. The van der Waals surface area contributed by atoms with Crippen molar-refractivity contribution in [2.45, 2.75) is 57.4 Å². The lowest BCUT2D eigenvalue weighted by Gasteiger charge is -2.21. The molecule has 1 aliphatic rings. The lowest BCUT2D eigenvalue weighted by atomic mass is 9.86. The van der Waals surface area contributed by atoms with Gasteiger partial charge in [0, 0.05) is 13.5 Å². The van der Waals surface area contributed by atoms with Gasteiger partial charge in [-0.2, -0.15) is 0 Å². The van der Waals surface area contributed by atoms with E-state index in [1.54, 1.807) is 7.11 Å². The fourth-order valence-electron chi connectivity index (χ4n) is 2.67. The van der Waals surface area contributed by atoms with Gasteiger partial charge in [-0.15, -0.1) is 0 Å². The maximum atomic E-state index is 11.7. The first-order chi connectivity index (χ1) is 8.76. The molecular weight excluding hydrogens is 230 g/mol. The average molecular weight is 257 g/mol. The molecule has 0 aliphatic heterocycles. The number of carbonyl (C=O) groups excluding carboxylic acids is 1. The van der Waals surface area contributed by atoms with Crippen LogP contribution in [-0.2, 0) is 9.53 Å². The molecule has 0 heterocycles. The van der Waals surface area contributed by atoms with Crippen molar-refractivity contribution >= 4 is 5.91 Å². The Balaban J connectivity index is 2.08. The molecule has 1 rings (SSSR count). The van der Waals surface area contributed by atoms with Crippen LogP contribution in [0, 0.1) is 5.92 Å². The summed E-state index contributed by atoms with van der Waals surface area (Å²) in [5.74, 6) is 0.862. The molecule has 1 unspecified atom stereocenters. The highest BCUT2D eigenvalue weighted by Gasteiger charge is 2.15. The molecule has 0 saturated heterocycles. The molecule has 2 N–H and O–H groups in total. The second-order valence-electron chi connectivity index (χ2n) is 5.30. The fraction of sp³-hybridized carbons (Fsp3) is 0.929. The smallest absolute Gasteiger partial charge is 0.220 e. The number of rotatable bonds is 8. The number of hydrogen-bond acceptors (Lipinski definition) is 3. The first-order valence-corrected chi connectivity index (χ1v) is 7.15. The van der Waals surface area contributed by atoms with Gasteiger partial charge in [0.25, 0.3) is 0 Å².